The molecule has 0 radical (unpaired) electrons. The number of benzene rings is 8. The first-order valence-corrected chi connectivity index (χ1v) is 20.5. The minimum Gasteiger partial charge on any atom is -0.308 e. The fraction of sp³-hybridized carbons (Fsp3) is 0.111. The van der Waals surface area contributed by atoms with Crippen LogP contribution in [0, 0.1) is 0 Å². The minimum absolute atomic E-state index is 0.0864. The molecule has 1 nitrogen and oxygen atoms in total. The van der Waals surface area contributed by atoms with Crippen LogP contribution < -0.4 is 4.90 Å². The smallest absolute Gasteiger partial charge is 0.0640 e. The molecule has 0 spiro atoms. The maximum Gasteiger partial charge on any atom is 0.0640 e. The van der Waals surface area contributed by atoms with Crippen LogP contribution in [0.25, 0.3) is 64.7 Å². The number of fused-ring (bicyclic) bond motifs is 9. The number of para-hydroxylation sites is 1. The highest BCUT2D eigenvalue weighted by molar-refractivity contribution is 7.26. The van der Waals surface area contributed by atoms with Gasteiger partial charge in [0.15, 0.2) is 0 Å². The van der Waals surface area contributed by atoms with Gasteiger partial charge in [-0.25, -0.2) is 0 Å². The van der Waals surface area contributed by atoms with Crippen LogP contribution in [0.15, 0.2) is 176 Å². The van der Waals surface area contributed by atoms with Gasteiger partial charge in [0.05, 0.1) is 16.1 Å². The molecular formula is C54H41NS. The monoisotopic (exact) mass is 735 g/mol. The first-order chi connectivity index (χ1) is 27.3. The minimum atomic E-state index is -0.120. The largest absolute Gasteiger partial charge is 0.308 e. The van der Waals surface area contributed by atoms with Gasteiger partial charge in [-0.15, -0.1) is 11.3 Å². The van der Waals surface area contributed by atoms with Gasteiger partial charge in [-0.05, 0) is 91.5 Å². The number of nitrogens with zero attached hydrogens (tertiary/aromatic N) is 1. The van der Waals surface area contributed by atoms with Gasteiger partial charge in [0, 0.05) is 37.6 Å². The molecule has 1 aromatic heterocycles. The normalized spacial score (nSPS) is 14.4. The molecule has 1 heterocycles. The van der Waals surface area contributed by atoms with Crippen molar-refractivity contribution in [2.75, 3.05) is 4.90 Å². The van der Waals surface area contributed by atoms with Crippen molar-refractivity contribution in [3.05, 3.63) is 198 Å². The lowest BCUT2D eigenvalue weighted by Crippen LogP contribution is -2.16. The highest BCUT2D eigenvalue weighted by Crippen LogP contribution is 2.56. The molecule has 56 heavy (non-hydrogen) atoms. The van der Waals surface area contributed by atoms with Gasteiger partial charge in [0.1, 0.15) is 0 Å². The average molecular weight is 736 g/mol. The Balaban J connectivity index is 1.17. The fourth-order valence-corrected chi connectivity index (χ4v) is 11.3. The summed E-state index contributed by atoms with van der Waals surface area (Å²) in [6, 6.07) is 65.7. The number of anilines is 3. The zero-order chi connectivity index (χ0) is 37.8. The molecule has 9 aromatic rings. The first kappa shape index (κ1) is 33.1. The maximum atomic E-state index is 2.53. The second-order valence-electron chi connectivity index (χ2n) is 16.5. The Morgan fingerprint density at radius 2 is 0.982 bits per heavy atom. The number of rotatable bonds is 5. The van der Waals surface area contributed by atoms with E-state index >= 15 is 0 Å². The van der Waals surface area contributed by atoms with Gasteiger partial charge in [-0.2, -0.15) is 0 Å². The molecule has 0 fully saturated rings. The highest BCUT2D eigenvalue weighted by Gasteiger charge is 2.38. The highest BCUT2D eigenvalue weighted by atomic mass is 32.1. The van der Waals surface area contributed by atoms with Gasteiger partial charge in [0.2, 0.25) is 0 Å². The van der Waals surface area contributed by atoms with E-state index < -0.39 is 0 Å². The molecule has 8 aromatic carbocycles. The van der Waals surface area contributed by atoms with E-state index in [0.717, 1.165) is 11.4 Å². The molecule has 0 saturated carbocycles. The lowest BCUT2D eigenvalue weighted by atomic mass is 9.79. The van der Waals surface area contributed by atoms with E-state index in [2.05, 4.69) is 209 Å². The molecular weight excluding hydrogens is 695 g/mol. The Labute approximate surface area is 333 Å². The predicted octanol–water partition coefficient (Wildman–Crippen LogP) is 15.5. The van der Waals surface area contributed by atoms with E-state index in [1.165, 1.54) is 92.6 Å². The molecule has 2 aliphatic carbocycles. The van der Waals surface area contributed by atoms with Crippen LogP contribution in [0.3, 0.4) is 0 Å². The lowest BCUT2D eigenvalue weighted by Gasteiger charge is -2.30. The van der Waals surface area contributed by atoms with Crippen LogP contribution in [0.1, 0.15) is 49.9 Å². The summed E-state index contributed by atoms with van der Waals surface area (Å²) in [7, 11) is 0. The van der Waals surface area contributed by atoms with E-state index in [4.69, 9.17) is 0 Å². The summed E-state index contributed by atoms with van der Waals surface area (Å²) >= 11 is 1.89. The Hall–Kier alpha value is -6.22. The zero-order valence-electron chi connectivity index (χ0n) is 32.1. The molecule has 0 atom stereocenters. The van der Waals surface area contributed by atoms with Crippen molar-refractivity contribution >= 4 is 48.6 Å². The molecule has 0 N–H and O–H groups in total. The molecule has 0 unspecified atom stereocenters. The molecule has 11 rings (SSSR count). The third kappa shape index (κ3) is 4.66. The third-order valence-corrected chi connectivity index (χ3v) is 13.9. The molecule has 0 aliphatic heterocycles. The Morgan fingerprint density at radius 1 is 0.411 bits per heavy atom. The zero-order valence-corrected chi connectivity index (χ0v) is 32.9. The van der Waals surface area contributed by atoms with Crippen LogP contribution in [0.5, 0.6) is 0 Å². The van der Waals surface area contributed by atoms with Gasteiger partial charge >= 0.3 is 0 Å². The SMILES string of the molecule is CC1(C)c2ccccc2-c2c(-c3ccccc3N(c3cccc(-c4cccc5c4C(C)(C)c4ccccc4-5)c3)c3cccc4c3sc3ccccc34)cccc21. The van der Waals surface area contributed by atoms with Crippen molar-refractivity contribution < 1.29 is 0 Å². The van der Waals surface area contributed by atoms with Crippen LogP contribution in [-0.2, 0) is 10.8 Å². The fourth-order valence-electron chi connectivity index (χ4n) is 10.1. The van der Waals surface area contributed by atoms with E-state index in [0.29, 0.717) is 0 Å². The summed E-state index contributed by atoms with van der Waals surface area (Å²) in [5.41, 5.74) is 19.2. The summed E-state index contributed by atoms with van der Waals surface area (Å²) in [6.07, 6.45) is 0. The molecule has 2 aliphatic rings. The quantitative estimate of drug-likeness (QED) is 0.170. The molecule has 0 saturated heterocycles. The Morgan fingerprint density at radius 3 is 1.84 bits per heavy atom. The van der Waals surface area contributed by atoms with E-state index in [9.17, 15) is 0 Å². The van der Waals surface area contributed by atoms with Crippen LogP contribution in [0.4, 0.5) is 17.1 Å². The number of hydrogen-bond acceptors (Lipinski definition) is 2. The Bertz CT molecular complexity index is 3050. The van der Waals surface area contributed by atoms with Crippen LogP contribution >= 0.6 is 11.3 Å². The first-order valence-electron chi connectivity index (χ1n) is 19.7. The standard InChI is InChI=1S/C54H41NS/c1-53(2)45-28-10-6-22-43(45)50-40(24-15-29-46(50)53)38-20-7-11-30-47(38)55(48-31-16-26-42-39-21-8-12-32-49(39)56-52(42)48)35-18-13-17-34(33-35)36-23-14-25-41-37-19-5-9-27-44(37)54(3,4)51(36)41/h5-33H,1-4H3. The molecule has 2 heteroatoms. The Kier molecular flexibility index (Phi) is 7.18. The van der Waals surface area contributed by atoms with Gasteiger partial charge in [0.25, 0.3) is 0 Å². The second kappa shape index (κ2) is 12.1. The van der Waals surface area contributed by atoms with Gasteiger partial charge < -0.3 is 4.90 Å². The van der Waals surface area contributed by atoms with Crippen molar-refractivity contribution in [2.24, 2.45) is 0 Å². The maximum absolute atomic E-state index is 2.53. The van der Waals surface area contributed by atoms with Crippen molar-refractivity contribution in [3.8, 4) is 44.5 Å². The van der Waals surface area contributed by atoms with Crippen molar-refractivity contribution in [1.29, 1.82) is 0 Å². The summed E-state index contributed by atoms with van der Waals surface area (Å²) in [5.74, 6) is 0. The van der Waals surface area contributed by atoms with Crippen molar-refractivity contribution in [3.63, 3.8) is 0 Å². The predicted molar refractivity (Wildman–Crippen MR) is 240 cm³/mol. The van der Waals surface area contributed by atoms with E-state index in [1.54, 1.807) is 0 Å². The number of hydrogen-bond donors (Lipinski definition) is 0. The van der Waals surface area contributed by atoms with Crippen molar-refractivity contribution in [1.82, 2.24) is 0 Å². The summed E-state index contributed by atoms with van der Waals surface area (Å²) in [5, 5.41) is 2.59. The van der Waals surface area contributed by atoms with Crippen LogP contribution in [-0.4, -0.2) is 0 Å². The average Bonchev–Trinajstić information content (AvgIpc) is 3.82. The third-order valence-electron chi connectivity index (χ3n) is 12.7. The summed E-state index contributed by atoms with van der Waals surface area (Å²) in [6.45, 7) is 9.50. The molecule has 0 amide bonds. The van der Waals surface area contributed by atoms with E-state index in [-0.39, 0.29) is 10.8 Å². The van der Waals surface area contributed by atoms with Crippen molar-refractivity contribution in [2.45, 2.75) is 38.5 Å². The van der Waals surface area contributed by atoms with Crippen LogP contribution in [0.2, 0.25) is 0 Å². The lowest BCUT2D eigenvalue weighted by molar-refractivity contribution is 0.660. The second-order valence-corrected chi connectivity index (χ2v) is 17.5. The molecule has 0 bridgehead atoms. The number of thiophene rings is 1. The summed E-state index contributed by atoms with van der Waals surface area (Å²) in [4.78, 5) is 2.53. The molecule has 268 valence electrons. The van der Waals surface area contributed by atoms with Gasteiger partial charge in [-0.1, -0.05) is 173 Å². The topological polar surface area (TPSA) is 3.24 Å². The van der Waals surface area contributed by atoms with Gasteiger partial charge in [-0.3, -0.25) is 0 Å². The summed E-state index contributed by atoms with van der Waals surface area (Å²) < 4.78 is 2.59. The van der Waals surface area contributed by atoms with E-state index in [1.807, 2.05) is 11.3 Å².